The molecule has 1 aromatic heterocycles. The first-order chi connectivity index (χ1) is 13.8. The number of esters is 1. The Balaban J connectivity index is 1.69. The van der Waals surface area contributed by atoms with Gasteiger partial charge < -0.3 is 14.6 Å². The fourth-order valence-corrected chi connectivity index (χ4v) is 4.70. The molecule has 1 aliphatic rings. The number of amides is 1. The zero-order valence-electron chi connectivity index (χ0n) is 16.4. The maximum Gasteiger partial charge on any atom is 0.338 e. The highest BCUT2D eigenvalue weighted by molar-refractivity contribution is 7.89. The van der Waals surface area contributed by atoms with Gasteiger partial charge >= 0.3 is 5.97 Å². The van der Waals surface area contributed by atoms with Crippen molar-refractivity contribution in [1.29, 1.82) is 0 Å². The van der Waals surface area contributed by atoms with Crippen molar-refractivity contribution in [2.75, 3.05) is 25.0 Å². The van der Waals surface area contributed by atoms with Crippen LogP contribution in [0.5, 0.6) is 0 Å². The fourth-order valence-electron chi connectivity index (χ4n) is 3.21. The fraction of sp³-hybridized carbons (Fsp3) is 0.421. The average molecular weight is 420 g/mol. The number of ether oxygens (including phenoxy) is 1. The zero-order chi connectivity index (χ0) is 21.0. The van der Waals surface area contributed by atoms with Crippen molar-refractivity contribution >= 4 is 27.6 Å². The Morgan fingerprint density at radius 2 is 2.14 bits per heavy atom. The SMILES string of the molecule is CCOC(=O)c1cccc(NC(=O)[C@@H]2CCCN(S(=O)(=O)c3cn(C)cn3)C2)c1. The second-order valence-electron chi connectivity index (χ2n) is 6.87. The van der Waals surface area contributed by atoms with Crippen LogP contribution < -0.4 is 5.32 Å². The number of nitrogens with zero attached hydrogens (tertiary/aromatic N) is 3. The number of anilines is 1. The molecular weight excluding hydrogens is 396 g/mol. The van der Waals surface area contributed by atoms with E-state index in [2.05, 4.69) is 10.3 Å². The van der Waals surface area contributed by atoms with E-state index >= 15 is 0 Å². The number of sulfonamides is 1. The molecule has 10 heteroatoms. The van der Waals surface area contributed by atoms with E-state index in [1.54, 1.807) is 42.8 Å². The van der Waals surface area contributed by atoms with E-state index < -0.39 is 21.9 Å². The topological polar surface area (TPSA) is 111 Å². The number of aryl methyl sites for hydroxylation is 1. The van der Waals surface area contributed by atoms with Gasteiger partial charge in [0.25, 0.3) is 10.0 Å². The summed E-state index contributed by atoms with van der Waals surface area (Å²) in [5.41, 5.74) is 0.804. The number of hydrogen-bond donors (Lipinski definition) is 1. The Kier molecular flexibility index (Phi) is 6.33. The van der Waals surface area contributed by atoms with Crippen molar-refractivity contribution in [1.82, 2.24) is 13.9 Å². The molecule has 0 saturated carbocycles. The Morgan fingerprint density at radius 3 is 2.83 bits per heavy atom. The van der Waals surface area contributed by atoms with E-state index in [0.717, 1.165) is 0 Å². The molecule has 0 aliphatic carbocycles. The summed E-state index contributed by atoms with van der Waals surface area (Å²) < 4.78 is 33.4. The van der Waals surface area contributed by atoms with Gasteiger partial charge in [0.05, 0.1) is 24.4 Å². The number of imidazole rings is 1. The minimum Gasteiger partial charge on any atom is -0.462 e. The molecule has 0 spiro atoms. The zero-order valence-corrected chi connectivity index (χ0v) is 17.2. The van der Waals surface area contributed by atoms with E-state index in [1.165, 1.54) is 16.8 Å². The van der Waals surface area contributed by atoms with Crippen LogP contribution in [0.25, 0.3) is 0 Å². The Bertz CT molecular complexity index is 1000. The smallest absolute Gasteiger partial charge is 0.338 e. The Hall–Kier alpha value is -2.72. The second-order valence-corrected chi connectivity index (χ2v) is 8.75. The van der Waals surface area contributed by atoms with Crippen LogP contribution in [0.4, 0.5) is 5.69 Å². The highest BCUT2D eigenvalue weighted by Gasteiger charge is 2.34. The van der Waals surface area contributed by atoms with Gasteiger partial charge in [-0.15, -0.1) is 0 Å². The summed E-state index contributed by atoms with van der Waals surface area (Å²) in [6.07, 6.45) is 4.03. The molecule has 0 radical (unpaired) electrons. The lowest BCUT2D eigenvalue weighted by molar-refractivity contribution is -0.120. The summed E-state index contributed by atoms with van der Waals surface area (Å²) in [5.74, 6) is -1.24. The van der Waals surface area contributed by atoms with Crippen molar-refractivity contribution in [2.24, 2.45) is 13.0 Å². The van der Waals surface area contributed by atoms with Crippen LogP contribution in [0.3, 0.4) is 0 Å². The highest BCUT2D eigenvalue weighted by Crippen LogP contribution is 2.24. The molecule has 1 aromatic carbocycles. The number of carbonyl (C=O) groups is 2. The van der Waals surface area contributed by atoms with Gasteiger partial charge in [-0.25, -0.2) is 18.2 Å². The van der Waals surface area contributed by atoms with Gasteiger partial charge in [0.2, 0.25) is 5.91 Å². The maximum atomic E-state index is 12.8. The first-order valence-electron chi connectivity index (χ1n) is 9.37. The molecule has 1 saturated heterocycles. The third-order valence-corrected chi connectivity index (χ3v) is 6.43. The van der Waals surface area contributed by atoms with Crippen LogP contribution in [-0.2, 0) is 26.6 Å². The van der Waals surface area contributed by atoms with Crippen LogP contribution in [-0.4, -0.2) is 53.8 Å². The monoisotopic (exact) mass is 420 g/mol. The lowest BCUT2D eigenvalue weighted by atomic mass is 9.98. The largest absolute Gasteiger partial charge is 0.462 e. The maximum absolute atomic E-state index is 12.8. The molecule has 0 unspecified atom stereocenters. The molecule has 0 bridgehead atoms. The molecule has 2 heterocycles. The van der Waals surface area contributed by atoms with Crippen LogP contribution in [0.2, 0.25) is 0 Å². The van der Waals surface area contributed by atoms with E-state index in [-0.39, 0.29) is 24.1 Å². The van der Waals surface area contributed by atoms with E-state index in [1.807, 2.05) is 0 Å². The quantitative estimate of drug-likeness (QED) is 0.711. The van der Waals surface area contributed by atoms with Gasteiger partial charge in [0.15, 0.2) is 5.03 Å². The number of carbonyl (C=O) groups excluding carboxylic acids is 2. The van der Waals surface area contributed by atoms with Gasteiger partial charge in [0.1, 0.15) is 0 Å². The first kappa shape index (κ1) is 21.0. The number of hydrogen-bond acceptors (Lipinski definition) is 6. The summed E-state index contributed by atoms with van der Waals surface area (Å²) in [7, 11) is -2.05. The predicted octanol–water partition coefficient (Wildman–Crippen LogP) is 1.64. The summed E-state index contributed by atoms with van der Waals surface area (Å²) >= 11 is 0. The Labute approximate surface area is 169 Å². The standard InChI is InChI=1S/C19H24N4O5S/c1-3-28-19(25)14-6-4-8-16(10-14)21-18(24)15-7-5-9-23(11-15)29(26,27)17-12-22(2)13-20-17/h4,6,8,10,12-13,15H,3,5,7,9,11H2,1-2H3,(H,21,24)/t15-/m1/s1. The average Bonchev–Trinajstić information content (AvgIpc) is 3.16. The van der Waals surface area contributed by atoms with Crippen molar-refractivity contribution in [2.45, 2.75) is 24.8 Å². The minimum absolute atomic E-state index is 0.0248. The number of benzene rings is 1. The third-order valence-electron chi connectivity index (χ3n) is 4.68. The van der Waals surface area contributed by atoms with Crippen LogP contribution >= 0.6 is 0 Å². The molecule has 29 heavy (non-hydrogen) atoms. The van der Waals surface area contributed by atoms with E-state index in [9.17, 15) is 18.0 Å². The molecule has 2 aromatic rings. The molecule has 1 atom stereocenters. The minimum atomic E-state index is -3.74. The summed E-state index contributed by atoms with van der Waals surface area (Å²) in [6, 6.07) is 6.48. The van der Waals surface area contributed by atoms with E-state index in [4.69, 9.17) is 4.74 Å². The summed E-state index contributed by atoms with van der Waals surface area (Å²) in [6.45, 7) is 2.42. The lowest BCUT2D eigenvalue weighted by Gasteiger charge is -2.30. The molecule has 3 rings (SSSR count). The molecule has 1 aliphatic heterocycles. The van der Waals surface area contributed by atoms with Gasteiger partial charge in [-0.2, -0.15) is 4.31 Å². The molecule has 1 fully saturated rings. The number of nitrogens with one attached hydrogen (secondary N) is 1. The number of piperidine rings is 1. The molecule has 156 valence electrons. The summed E-state index contributed by atoms with van der Waals surface area (Å²) in [5, 5.41) is 2.75. The van der Waals surface area contributed by atoms with Crippen molar-refractivity contribution < 1.29 is 22.7 Å². The van der Waals surface area contributed by atoms with Gasteiger partial charge in [-0.1, -0.05) is 6.07 Å². The number of aromatic nitrogens is 2. The van der Waals surface area contributed by atoms with Crippen LogP contribution in [0, 0.1) is 5.92 Å². The van der Waals surface area contributed by atoms with Gasteiger partial charge in [-0.05, 0) is 38.0 Å². The van der Waals surface area contributed by atoms with Crippen LogP contribution in [0.15, 0.2) is 41.8 Å². The van der Waals surface area contributed by atoms with Crippen molar-refractivity contribution in [3.05, 3.63) is 42.4 Å². The van der Waals surface area contributed by atoms with E-state index in [0.29, 0.717) is 30.6 Å². The van der Waals surface area contributed by atoms with Crippen molar-refractivity contribution in [3.8, 4) is 0 Å². The Morgan fingerprint density at radius 1 is 1.34 bits per heavy atom. The normalized spacial score (nSPS) is 17.7. The number of rotatable bonds is 6. The van der Waals surface area contributed by atoms with Gasteiger partial charge in [-0.3, -0.25) is 4.79 Å². The predicted molar refractivity (Wildman–Crippen MR) is 106 cm³/mol. The van der Waals surface area contributed by atoms with Crippen molar-refractivity contribution in [3.63, 3.8) is 0 Å². The molecule has 1 N–H and O–H groups in total. The molecular formula is C19H24N4O5S. The molecule has 1 amide bonds. The third kappa shape index (κ3) is 4.83. The second kappa shape index (κ2) is 8.75. The van der Waals surface area contributed by atoms with Gasteiger partial charge in [0, 0.05) is 32.0 Å². The highest BCUT2D eigenvalue weighted by atomic mass is 32.2. The lowest BCUT2D eigenvalue weighted by Crippen LogP contribution is -2.43. The first-order valence-corrected chi connectivity index (χ1v) is 10.8. The van der Waals surface area contributed by atoms with Crippen LogP contribution in [0.1, 0.15) is 30.1 Å². The molecule has 9 nitrogen and oxygen atoms in total. The summed E-state index contributed by atoms with van der Waals surface area (Å²) in [4.78, 5) is 28.5.